The standard InChI is InChI=1S/C25H28N6O2S/c1-5-31-24(19-15-30(4)29-23(19)18-13-11-17(3)12-14-18)27-28-25(31)34-16-22(32)26-20-9-7-8-10-21(20)33-6-2/h7-15H,5-6,16H2,1-4H3,(H,26,32). The summed E-state index contributed by atoms with van der Waals surface area (Å²) in [5.74, 6) is 1.46. The third kappa shape index (κ3) is 5.14. The van der Waals surface area contributed by atoms with Crippen LogP contribution >= 0.6 is 11.8 Å². The highest BCUT2D eigenvalue weighted by Crippen LogP contribution is 2.32. The Labute approximate surface area is 203 Å². The van der Waals surface area contributed by atoms with E-state index < -0.39 is 0 Å². The van der Waals surface area contributed by atoms with Crippen molar-refractivity contribution in [2.45, 2.75) is 32.5 Å². The van der Waals surface area contributed by atoms with E-state index in [1.807, 2.05) is 55.9 Å². The molecule has 1 N–H and O–H groups in total. The van der Waals surface area contributed by atoms with Crippen LogP contribution in [0.5, 0.6) is 5.75 Å². The number of benzene rings is 2. The maximum Gasteiger partial charge on any atom is 0.234 e. The number of aryl methyl sites for hydroxylation is 2. The normalized spacial score (nSPS) is 10.9. The van der Waals surface area contributed by atoms with Gasteiger partial charge in [0.1, 0.15) is 11.4 Å². The summed E-state index contributed by atoms with van der Waals surface area (Å²) in [5, 5.41) is 17.1. The van der Waals surface area contributed by atoms with Crippen molar-refractivity contribution in [3.05, 3.63) is 60.3 Å². The van der Waals surface area contributed by atoms with Crippen LogP contribution < -0.4 is 10.1 Å². The molecular weight excluding hydrogens is 448 g/mol. The van der Waals surface area contributed by atoms with Gasteiger partial charge in [0, 0.05) is 25.4 Å². The van der Waals surface area contributed by atoms with Crippen LogP contribution in [0.25, 0.3) is 22.6 Å². The lowest BCUT2D eigenvalue weighted by molar-refractivity contribution is -0.113. The van der Waals surface area contributed by atoms with Gasteiger partial charge in [-0.1, -0.05) is 53.7 Å². The van der Waals surface area contributed by atoms with Crippen molar-refractivity contribution in [2.75, 3.05) is 17.7 Å². The smallest absolute Gasteiger partial charge is 0.234 e. The largest absolute Gasteiger partial charge is 0.492 e. The summed E-state index contributed by atoms with van der Waals surface area (Å²) < 4.78 is 9.39. The zero-order chi connectivity index (χ0) is 24.1. The first-order chi connectivity index (χ1) is 16.5. The number of amides is 1. The van der Waals surface area contributed by atoms with Gasteiger partial charge in [-0.3, -0.25) is 9.48 Å². The second-order valence-corrected chi connectivity index (χ2v) is 8.69. The van der Waals surface area contributed by atoms with Crippen molar-refractivity contribution in [3.8, 4) is 28.4 Å². The molecule has 8 nitrogen and oxygen atoms in total. The second-order valence-electron chi connectivity index (χ2n) is 7.75. The lowest BCUT2D eigenvalue weighted by atomic mass is 10.1. The van der Waals surface area contributed by atoms with Crippen LogP contribution in [0, 0.1) is 6.92 Å². The van der Waals surface area contributed by atoms with Crippen molar-refractivity contribution in [3.63, 3.8) is 0 Å². The van der Waals surface area contributed by atoms with E-state index >= 15 is 0 Å². The summed E-state index contributed by atoms with van der Waals surface area (Å²) in [5.41, 5.74) is 4.63. The third-order valence-electron chi connectivity index (χ3n) is 5.22. The van der Waals surface area contributed by atoms with E-state index in [4.69, 9.17) is 4.74 Å². The molecule has 0 unspecified atom stereocenters. The summed E-state index contributed by atoms with van der Waals surface area (Å²) in [6.07, 6.45) is 1.96. The molecule has 2 aromatic heterocycles. The Hall–Kier alpha value is -3.59. The number of aromatic nitrogens is 5. The quantitative estimate of drug-likeness (QED) is 0.349. The van der Waals surface area contributed by atoms with Gasteiger partial charge in [0.05, 0.1) is 23.6 Å². The molecular formula is C25H28N6O2S. The summed E-state index contributed by atoms with van der Waals surface area (Å²) in [7, 11) is 1.90. The van der Waals surface area contributed by atoms with Crippen molar-refractivity contribution in [1.82, 2.24) is 24.5 Å². The second kappa shape index (κ2) is 10.6. The Morgan fingerprint density at radius 2 is 1.85 bits per heavy atom. The molecule has 1 amide bonds. The molecule has 2 heterocycles. The van der Waals surface area contributed by atoms with Gasteiger partial charge < -0.3 is 14.6 Å². The van der Waals surface area contributed by atoms with Crippen LogP contribution in [0.2, 0.25) is 0 Å². The first-order valence-corrected chi connectivity index (χ1v) is 12.2. The molecule has 0 spiro atoms. The molecule has 0 aliphatic carbocycles. The fourth-order valence-corrected chi connectivity index (χ4v) is 4.43. The Bertz CT molecular complexity index is 1280. The summed E-state index contributed by atoms with van der Waals surface area (Å²) in [6, 6.07) is 15.7. The van der Waals surface area contributed by atoms with Crippen LogP contribution in [0.15, 0.2) is 59.9 Å². The molecule has 34 heavy (non-hydrogen) atoms. The van der Waals surface area contributed by atoms with Crippen molar-refractivity contribution in [1.29, 1.82) is 0 Å². The number of rotatable bonds is 9. The molecule has 0 saturated heterocycles. The first-order valence-electron chi connectivity index (χ1n) is 11.2. The Morgan fingerprint density at radius 3 is 2.59 bits per heavy atom. The predicted octanol–water partition coefficient (Wildman–Crippen LogP) is 4.80. The molecule has 0 fully saturated rings. The van der Waals surface area contributed by atoms with Gasteiger partial charge in [0.25, 0.3) is 0 Å². The zero-order valence-electron chi connectivity index (χ0n) is 19.8. The number of hydrogen-bond donors (Lipinski definition) is 1. The van der Waals surface area contributed by atoms with Crippen LogP contribution in [0.1, 0.15) is 19.4 Å². The predicted molar refractivity (Wildman–Crippen MR) is 135 cm³/mol. The highest BCUT2D eigenvalue weighted by Gasteiger charge is 2.20. The molecule has 0 atom stereocenters. The van der Waals surface area contributed by atoms with Gasteiger partial charge in [-0.15, -0.1) is 10.2 Å². The van der Waals surface area contributed by atoms with Gasteiger partial charge in [-0.25, -0.2) is 0 Å². The molecule has 0 bridgehead atoms. The summed E-state index contributed by atoms with van der Waals surface area (Å²) in [6.45, 7) is 7.21. The minimum atomic E-state index is -0.133. The van der Waals surface area contributed by atoms with E-state index in [1.54, 1.807) is 4.68 Å². The van der Waals surface area contributed by atoms with Crippen LogP contribution in [0.3, 0.4) is 0 Å². The molecule has 0 aliphatic heterocycles. The lowest BCUT2D eigenvalue weighted by Crippen LogP contribution is -2.15. The topological polar surface area (TPSA) is 86.9 Å². The van der Waals surface area contributed by atoms with Crippen molar-refractivity contribution in [2.24, 2.45) is 7.05 Å². The van der Waals surface area contributed by atoms with Crippen LogP contribution in [0.4, 0.5) is 5.69 Å². The van der Waals surface area contributed by atoms with E-state index in [9.17, 15) is 4.79 Å². The van der Waals surface area contributed by atoms with Crippen LogP contribution in [-0.2, 0) is 18.4 Å². The molecule has 176 valence electrons. The molecule has 9 heteroatoms. The number of carbonyl (C=O) groups is 1. The summed E-state index contributed by atoms with van der Waals surface area (Å²) >= 11 is 1.35. The highest BCUT2D eigenvalue weighted by atomic mass is 32.2. The Morgan fingerprint density at radius 1 is 1.09 bits per heavy atom. The Kier molecular flexibility index (Phi) is 7.32. The zero-order valence-corrected chi connectivity index (χ0v) is 20.6. The first kappa shape index (κ1) is 23.6. The fraction of sp³-hybridized carbons (Fsp3) is 0.280. The highest BCUT2D eigenvalue weighted by molar-refractivity contribution is 7.99. The number of para-hydroxylation sites is 2. The average molecular weight is 477 g/mol. The maximum absolute atomic E-state index is 12.6. The van der Waals surface area contributed by atoms with Gasteiger partial charge in [0.15, 0.2) is 11.0 Å². The lowest BCUT2D eigenvalue weighted by Gasteiger charge is -2.11. The number of thioether (sulfide) groups is 1. The summed E-state index contributed by atoms with van der Waals surface area (Å²) in [4.78, 5) is 12.6. The average Bonchev–Trinajstić information content (AvgIpc) is 3.42. The molecule has 4 rings (SSSR count). The number of carbonyl (C=O) groups excluding carboxylic acids is 1. The van der Waals surface area contributed by atoms with Crippen LogP contribution in [-0.4, -0.2) is 42.8 Å². The van der Waals surface area contributed by atoms with E-state index in [2.05, 4.69) is 51.8 Å². The Balaban J connectivity index is 1.53. The molecule has 0 radical (unpaired) electrons. The molecule has 0 aliphatic rings. The van der Waals surface area contributed by atoms with Gasteiger partial charge >= 0.3 is 0 Å². The minimum absolute atomic E-state index is 0.133. The maximum atomic E-state index is 12.6. The molecule has 0 saturated carbocycles. The van der Waals surface area contributed by atoms with Gasteiger partial charge in [-0.05, 0) is 32.9 Å². The molecule has 4 aromatic rings. The fourth-order valence-electron chi connectivity index (χ4n) is 3.62. The van der Waals surface area contributed by atoms with E-state index in [0.717, 1.165) is 22.6 Å². The minimum Gasteiger partial charge on any atom is -0.492 e. The van der Waals surface area contributed by atoms with E-state index in [1.165, 1.54) is 17.3 Å². The SMILES string of the molecule is CCOc1ccccc1NC(=O)CSc1nnc(-c2cn(C)nc2-c2ccc(C)cc2)n1CC. The third-order valence-corrected chi connectivity index (χ3v) is 6.19. The molecule has 2 aromatic carbocycles. The number of nitrogens with zero attached hydrogens (tertiary/aromatic N) is 5. The number of ether oxygens (including phenoxy) is 1. The van der Waals surface area contributed by atoms with Crippen molar-refractivity contribution >= 4 is 23.4 Å². The monoisotopic (exact) mass is 476 g/mol. The number of nitrogens with one attached hydrogen (secondary N) is 1. The van der Waals surface area contributed by atoms with Crippen molar-refractivity contribution < 1.29 is 9.53 Å². The van der Waals surface area contributed by atoms with E-state index in [-0.39, 0.29) is 11.7 Å². The van der Waals surface area contributed by atoms with Gasteiger partial charge in [-0.2, -0.15) is 5.10 Å². The number of hydrogen-bond acceptors (Lipinski definition) is 6. The number of anilines is 1. The van der Waals surface area contributed by atoms with Gasteiger partial charge in [0.2, 0.25) is 5.91 Å². The van der Waals surface area contributed by atoms with E-state index in [0.29, 0.717) is 29.7 Å².